The molecule has 0 saturated carbocycles. The minimum atomic E-state index is -0.498. The molecule has 6 heteroatoms. The number of amides is 1. The Hall–Kier alpha value is -1.14. The van der Waals surface area contributed by atoms with Gasteiger partial charge in [-0.3, -0.25) is 4.79 Å². The van der Waals surface area contributed by atoms with Gasteiger partial charge in [-0.1, -0.05) is 0 Å². The van der Waals surface area contributed by atoms with E-state index in [0.717, 1.165) is 5.01 Å². The fourth-order valence-corrected chi connectivity index (χ4v) is 2.53. The third-order valence-corrected chi connectivity index (χ3v) is 3.97. The average molecular weight is 315 g/mol. The van der Waals surface area contributed by atoms with Gasteiger partial charge >= 0.3 is 0 Å². The van der Waals surface area contributed by atoms with Crippen molar-refractivity contribution >= 4 is 33.2 Å². The number of carbonyl (C=O) groups excluding carboxylic acids is 1. The second-order valence-corrected chi connectivity index (χ2v) is 5.64. The molecule has 2 aromatic rings. The van der Waals surface area contributed by atoms with E-state index in [9.17, 15) is 4.79 Å². The predicted molar refractivity (Wildman–Crippen MR) is 69.0 cm³/mol. The largest absolute Gasteiger partial charge is 0.457 e. The molecule has 0 atom stereocenters. The molecule has 1 N–H and O–H groups in total. The first-order valence-corrected chi connectivity index (χ1v) is 6.63. The molecule has 2 aromatic heterocycles. The van der Waals surface area contributed by atoms with Gasteiger partial charge in [0.2, 0.25) is 0 Å². The zero-order valence-electron chi connectivity index (χ0n) is 9.36. The van der Waals surface area contributed by atoms with E-state index in [4.69, 9.17) is 4.42 Å². The highest BCUT2D eigenvalue weighted by molar-refractivity contribution is 9.10. The summed E-state index contributed by atoms with van der Waals surface area (Å²) in [5, 5.41) is 5.67. The Morgan fingerprint density at radius 3 is 2.88 bits per heavy atom. The molecule has 2 heterocycles. The van der Waals surface area contributed by atoms with Crippen LogP contribution in [-0.2, 0) is 5.54 Å². The maximum absolute atomic E-state index is 12.0. The minimum absolute atomic E-state index is 0.189. The Morgan fingerprint density at radius 2 is 2.35 bits per heavy atom. The van der Waals surface area contributed by atoms with Crippen LogP contribution < -0.4 is 5.32 Å². The molecule has 0 fully saturated rings. The van der Waals surface area contributed by atoms with Gasteiger partial charge in [0.1, 0.15) is 5.01 Å². The normalized spacial score (nSPS) is 11.5. The van der Waals surface area contributed by atoms with Crippen LogP contribution >= 0.6 is 27.3 Å². The van der Waals surface area contributed by atoms with Crippen molar-refractivity contribution in [1.29, 1.82) is 0 Å². The van der Waals surface area contributed by atoms with Gasteiger partial charge in [-0.2, -0.15) is 0 Å². The van der Waals surface area contributed by atoms with Crippen molar-refractivity contribution in [1.82, 2.24) is 10.3 Å². The van der Waals surface area contributed by atoms with E-state index in [1.165, 1.54) is 17.6 Å². The van der Waals surface area contributed by atoms with Crippen molar-refractivity contribution in [2.24, 2.45) is 0 Å². The summed E-state index contributed by atoms with van der Waals surface area (Å²) in [6.07, 6.45) is 3.19. The maximum Gasteiger partial charge on any atom is 0.256 e. The third kappa shape index (κ3) is 2.58. The van der Waals surface area contributed by atoms with Crippen molar-refractivity contribution in [3.8, 4) is 0 Å². The van der Waals surface area contributed by atoms with E-state index in [-0.39, 0.29) is 5.91 Å². The van der Waals surface area contributed by atoms with Crippen LogP contribution in [0.2, 0.25) is 0 Å². The van der Waals surface area contributed by atoms with E-state index in [2.05, 4.69) is 26.2 Å². The van der Waals surface area contributed by atoms with Crippen LogP contribution in [0, 0.1) is 0 Å². The van der Waals surface area contributed by atoms with Crippen LogP contribution in [0.3, 0.4) is 0 Å². The highest BCUT2D eigenvalue weighted by Gasteiger charge is 2.27. The SMILES string of the molecule is CC(C)(NC(=O)c1ccoc1Br)c1nccs1. The van der Waals surface area contributed by atoms with E-state index in [1.807, 2.05) is 19.2 Å². The summed E-state index contributed by atoms with van der Waals surface area (Å²) in [4.78, 5) is 16.2. The molecule has 0 unspecified atom stereocenters. The summed E-state index contributed by atoms with van der Waals surface area (Å²) < 4.78 is 5.47. The molecule has 0 aliphatic rings. The molecule has 1 amide bonds. The molecule has 0 aliphatic carbocycles. The van der Waals surface area contributed by atoms with Gasteiger partial charge in [0.25, 0.3) is 5.91 Å². The standard InChI is InChI=1S/C11H11BrN2O2S/c1-11(2,10-13-4-6-17-10)14-9(15)7-3-5-16-8(7)12/h3-6H,1-2H3,(H,14,15). The number of halogens is 1. The molecule has 2 rings (SSSR count). The van der Waals surface area contributed by atoms with E-state index >= 15 is 0 Å². The van der Waals surface area contributed by atoms with Crippen LogP contribution in [0.15, 0.2) is 33.0 Å². The van der Waals surface area contributed by atoms with Crippen LogP contribution in [-0.4, -0.2) is 10.9 Å². The first kappa shape index (κ1) is 12.3. The Morgan fingerprint density at radius 1 is 1.59 bits per heavy atom. The lowest BCUT2D eigenvalue weighted by molar-refractivity contribution is 0.0910. The number of nitrogens with zero attached hydrogens (tertiary/aromatic N) is 1. The number of rotatable bonds is 3. The summed E-state index contributed by atoms with van der Waals surface area (Å²) in [5.41, 5.74) is -0.0169. The van der Waals surface area contributed by atoms with Crippen molar-refractivity contribution in [2.45, 2.75) is 19.4 Å². The molecule has 0 spiro atoms. The summed E-state index contributed by atoms with van der Waals surface area (Å²) in [7, 11) is 0. The smallest absolute Gasteiger partial charge is 0.256 e. The van der Waals surface area contributed by atoms with E-state index < -0.39 is 5.54 Å². The fraction of sp³-hybridized carbons (Fsp3) is 0.273. The number of hydrogen-bond acceptors (Lipinski definition) is 4. The molecule has 90 valence electrons. The maximum atomic E-state index is 12.0. The fourth-order valence-electron chi connectivity index (χ4n) is 1.39. The van der Waals surface area contributed by atoms with Gasteiger partial charge in [0.15, 0.2) is 4.67 Å². The molecule has 0 bridgehead atoms. The Bertz CT molecular complexity index is 519. The van der Waals surface area contributed by atoms with Crippen molar-refractivity contribution in [2.75, 3.05) is 0 Å². The lowest BCUT2D eigenvalue weighted by atomic mass is 10.1. The highest BCUT2D eigenvalue weighted by Crippen LogP contribution is 2.24. The highest BCUT2D eigenvalue weighted by atomic mass is 79.9. The predicted octanol–water partition coefficient (Wildman–Crippen LogP) is 3.16. The molecule has 0 aliphatic heterocycles. The lowest BCUT2D eigenvalue weighted by Gasteiger charge is -2.23. The molecule has 0 aromatic carbocycles. The lowest BCUT2D eigenvalue weighted by Crippen LogP contribution is -2.40. The second kappa shape index (κ2) is 4.62. The molecule has 17 heavy (non-hydrogen) atoms. The first-order valence-electron chi connectivity index (χ1n) is 4.96. The number of aromatic nitrogens is 1. The van der Waals surface area contributed by atoms with Gasteiger partial charge in [-0.05, 0) is 35.8 Å². The van der Waals surface area contributed by atoms with Gasteiger partial charge < -0.3 is 9.73 Å². The van der Waals surface area contributed by atoms with E-state index in [1.54, 1.807) is 12.3 Å². The number of thiazole rings is 1. The molecule has 4 nitrogen and oxygen atoms in total. The summed E-state index contributed by atoms with van der Waals surface area (Å²) in [6, 6.07) is 1.62. The van der Waals surface area contributed by atoms with Gasteiger partial charge in [-0.15, -0.1) is 11.3 Å². The quantitative estimate of drug-likeness (QED) is 0.946. The summed E-state index contributed by atoms with van der Waals surface area (Å²) >= 11 is 4.69. The van der Waals surface area contributed by atoms with Crippen molar-refractivity contribution < 1.29 is 9.21 Å². The Labute approximate surface area is 111 Å². The van der Waals surface area contributed by atoms with Gasteiger partial charge in [0, 0.05) is 11.6 Å². The third-order valence-electron chi connectivity index (χ3n) is 2.26. The second-order valence-electron chi connectivity index (χ2n) is 4.02. The van der Waals surface area contributed by atoms with Crippen LogP contribution in [0.5, 0.6) is 0 Å². The van der Waals surface area contributed by atoms with Gasteiger partial charge in [-0.25, -0.2) is 4.98 Å². The average Bonchev–Trinajstić information content (AvgIpc) is 2.85. The molecule has 0 radical (unpaired) electrons. The number of carbonyl (C=O) groups is 1. The van der Waals surface area contributed by atoms with Crippen LogP contribution in [0.1, 0.15) is 29.2 Å². The van der Waals surface area contributed by atoms with Gasteiger partial charge in [0.05, 0.1) is 17.4 Å². The number of nitrogens with one attached hydrogen (secondary N) is 1. The van der Waals surface area contributed by atoms with Crippen molar-refractivity contribution in [3.05, 3.63) is 39.1 Å². The molecular formula is C11H11BrN2O2S. The van der Waals surface area contributed by atoms with Crippen LogP contribution in [0.25, 0.3) is 0 Å². The number of hydrogen-bond donors (Lipinski definition) is 1. The Balaban J connectivity index is 2.17. The Kier molecular flexibility index (Phi) is 3.35. The first-order chi connectivity index (χ1) is 8.00. The molecular weight excluding hydrogens is 304 g/mol. The summed E-state index contributed by atoms with van der Waals surface area (Å²) in [6.45, 7) is 3.83. The van der Waals surface area contributed by atoms with Crippen molar-refractivity contribution in [3.63, 3.8) is 0 Å². The van der Waals surface area contributed by atoms with E-state index in [0.29, 0.717) is 10.2 Å². The summed E-state index contributed by atoms with van der Waals surface area (Å²) in [5.74, 6) is -0.189. The van der Waals surface area contributed by atoms with Crippen LogP contribution in [0.4, 0.5) is 0 Å². The monoisotopic (exact) mass is 314 g/mol. The zero-order chi connectivity index (χ0) is 12.5. The zero-order valence-corrected chi connectivity index (χ0v) is 11.8. The topological polar surface area (TPSA) is 55.1 Å². The molecule has 0 saturated heterocycles. The number of furan rings is 1. The minimum Gasteiger partial charge on any atom is -0.457 e.